The van der Waals surface area contributed by atoms with E-state index >= 15 is 0 Å². The predicted molar refractivity (Wildman–Crippen MR) is 104 cm³/mol. The number of fused-ring (bicyclic) bond motifs is 1. The minimum absolute atomic E-state index is 0.687. The van der Waals surface area contributed by atoms with Crippen molar-refractivity contribution in [2.75, 3.05) is 0 Å². The Kier molecular flexibility index (Phi) is 3.80. The van der Waals surface area contributed by atoms with Crippen LogP contribution in [0.2, 0.25) is 0 Å². The van der Waals surface area contributed by atoms with E-state index < -0.39 is 0 Å². The molecule has 0 spiro atoms. The quantitative estimate of drug-likeness (QED) is 0.422. The number of nitriles is 1. The minimum atomic E-state index is 0.687. The summed E-state index contributed by atoms with van der Waals surface area (Å²) in [5, 5.41) is 11.6. The third kappa shape index (κ3) is 2.79. The van der Waals surface area contributed by atoms with Crippen molar-refractivity contribution in [1.82, 2.24) is 0 Å². The van der Waals surface area contributed by atoms with E-state index in [2.05, 4.69) is 73.7 Å². The van der Waals surface area contributed by atoms with Crippen LogP contribution in [0.3, 0.4) is 0 Å². The molecule has 118 valence electrons. The van der Waals surface area contributed by atoms with E-state index in [4.69, 9.17) is 5.26 Å². The first-order valence-corrected chi connectivity index (χ1v) is 8.35. The van der Waals surface area contributed by atoms with Crippen LogP contribution >= 0.6 is 0 Å². The van der Waals surface area contributed by atoms with E-state index in [0.29, 0.717) is 5.56 Å². The number of hydrogen-bond donors (Lipinski definition) is 0. The van der Waals surface area contributed by atoms with Crippen molar-refractivity contribution in [2.24, 2.45) is 0 Å². The molecule has 0 saturated carbocycles. The van der Waals surface area contributed by atoms with Gasteiger partial charge in [0.05, 0.1) is 11.6 Å². The SMILES string of the molecule is Cc1c(-c2ccc(-c3cccc(C#N)c3)cc2)ccc2ccccc12. The molecule has 0 unspecified atom stereocenters. The van der Waals surface area contributed by atoms with Crippen molar-refractivity contribution in [2.45, 2.75) is 6.92 Å². The van der Waals surface area contributed by atoms with E-state index in [0.717, 1.165) is 11.1 Å². The lowest BCUT2D eigenvalue weighted by atomic mass is 9.94. The molecule has 0 heterocycles. The molecule has 0 atom stereocenters. The molecular weight excluding hydrogens is 302 g/mol. The molecule has 4 aromatic carbocycles. The van der Waals surface area contributed by atoms with Crippen LogP contribution in [-0.2, 0) is 0 Å². The zero-order valence-electron chi connectivity index (χ0n) is 14.0. The van der Waals surface area contributed by atoms with Crippen LogP contribution in [0.25, 0.3) is 33.0 Å². The molecule has 0 radical (unpaired) electrons. The first-order valence-electron chi connectivity index (χ1n) is 8.35. The number of rotatable bonds is 2. The summed E-state index contributed by atoms with van der Waals surface area (Å²) in [4.78, 5) is 0. The van der Waals surface area contributed by atoms with Gasteiger partial charge in [-0.2, -0.15) is 5.26 Å². The van der Waals surface area contributed by atoms with Crippen molar-refractivity contribution in [3.8, 4) is 28.3 Å². The Morgan fingerprint density at radius 2 is 1.44 bits per heavy atom. The second kappa shape index (κ2) is 6.26. The number of hydrogen-bond acceptors (Lipinski definition) is 1. The highest BCUT2D eigenvalue weighted by Crippen LogP contribution is 2.31. The summed E-state index contributed by atoms with van der Waals surface area (Å²) in [6.45, 7) is 2.18. The van der Waals surface area contributed by atoms with Gasteiger partial charge in [0, 0.05) is 0 Å². The van der Waals surface area contributed by atoms with Crippen molar-refractivity contribution < 1.29 is 0 Å². The summed E-state index contributed by atoms with van der Waals surface area (Å²) >= 11 is 0. The smallest absolute Gasteiger partial charge is 0.0991 e. The highest BCUT2D eigenvalue weighted by molar-refractivity contribution is 5.91. The van der Waals surface area contributed by atoms with Gasteiger partial charge < -0.3 is 0 Å². The molecule has 25 heavy (non-hydrogen) atoms. The van der Waals surface area contributed by atoms with Gasteiger partial charge in [-0.3, -0.25) is 0 Å². The van der Waals surface area contributed by atoms with Gasteiger partial charge >= 0.3 is 0 Å². The van der Waals surface area contributed by atoms with Crippen LogP contribution in [-0.4, -0.2) is 0 Å². The van der Waals surface area contributed by atoms with Gasteiger partial charge in [-0.1, -0.05) is 72.8 Å². The lowest BCUT2D eigenvalue weighted by Crippen LogP contribution is -1.86. The summed E-state index contributed by atoms with van der Waals surface area (Å²) in [5.41, 5.74) is 6.66. The first-order chi connectivity index (χ1) is 12.3. The predicted octanol–water partition coefficient (Wildman–Crippen LogP) is 6.35. The van der Waals surface area contributed by atoms with Crippen LogP contribution in [0.1, 0.15) is 11.1 Å². The van der Waals surface area contributed by atoms with E-state index in [9.17, 15) is 0 Å². The van der Waals surface area contributed by atoms with Crippen molar-refractivity contribution >= 4 is 10.8 Å². The van der Waals surface area contributed by atoms with Crippen LogP contribution < -0.4 is 0 Å². The Morgan fingerprint density at radius 1 is 0.680 bits per heavy atom. The Hall–Kier alpha value is -3.37. The average molecular weight is 319 g/mol. The molecular formula is C24H17N. The molecule has 0 fully saturated rings. The summed E-state index contributed by atoms with van der Waals surface area (Å²) < 4.78 is 0. The number of nitrogens with zero attached hydrogens (tertiary/aromatic N) is 1. The molecule has 4 aromatic rings. The standard InChI is InChI=1S/C24H17N/c1-17-23-8-3-2-6-20(23)13-14-24(17)21-11-9-19(10-12-21)22-7-4-5-18(15-22)16-25/h2-15H,1H3. The average Bonchev–Trinajstić information content (AvgIpc) is 2.69. The topological polar surface area (TPSA) is 23.8 Å². The largest absolute Gasteiger partial charge is 0.192 e. The molecule has 4 rings (SSSR count). The normalized spacial score (nSPS) is 10.6. The van der Waals surface area contributed by atoms with Gasteiger partial charge in [0.25, 0.3) is 0 Å². The molecule has 1 nitrogen and oxygen atoms in total. The summed E-state index contributed by atoms with van der Waals surface area (Å²) in [6, 6.07) is 31.4. The van der Waals surface area contributed by atoms with E-state index in [1.165, 1.54) is 27.5 Å². The summed E-state index contributed by atoms with van der Waals surface area (Å²) in [5.74, 6) is 0. The lowest BCUT2D eigenvalue weighted by Gasteiger charge is -2.11. The van der Waals surface area contributed by atoms with Crippen LogP contribution in [0.15, 0.2) is 84.9 Å². The fourth-order valence-corrected chi connectivity index (χ4v) is 3.35. The van der Waals surface area contributed by atoms with Crippen LogP contribution in [0.5, 0.6) is 0 Å². The van der Waals surface area contributed by atoms with Crippen molar-refractivity contribution in [1.29, 1.82) is 5.26 Å². The second-order valence-corrected chi connectivity index (χ2v) is 6.23. The number of benzene rings is 4. The van der Waals surface area contributed by atoms with Crippen molar-refractivity contribution in [3.63, 3.8) is 0 Å². The Bertz CT molecular complexity index is 1100. The molecule has 0 aliphatic heterocycles. The molecule has 0 N–H and O–H groups in total. The van der Waals surface area contributed by atoms with E-state index in [-0.39, 0.29) is 0 Å². The Balaban J connectivity index is 1.76. The lowest BCUT2D eigenvalue weighted by molar-refractivity contribution is 1.48. The van der Waals surface area contributed by atoms with Crippen LogP contribution in [0, 0.1) is 18.3 Å². The molecule has 0 aliphatic carbocycles. The maximum absolute atomic E-state index is 9.07. The van der Waals surface area contributed by atoms with E-state index in [1.807, 2.05) is 24.3 Å². The summed E-state index contributed by atoms with van der Waals surface area (Å²) in [7, 11) is 0. The molecule has 0 amide bonds. The van der Waals surface area contributed by atoms with Gasteiger partial charge in [0.2, 0.25) is 0 Å². The maximum atomic E-state index is 9.07. The van der Waals surface area contributed by atoms with Crippen LogP contribution in [0.4, 0.5) is 0 Å². The highest BCUT2D eigenvalue weighted by atomic mass is 14.2. The molecule has 1 heteroatoms. The van der Waals surface area contributed by atoms with Gasteiger partial charge in [0.15, 0.2) is 0 Å². The van der Waals surface area contributed by atoms with Gasteiger partial charge in [-0.25, -0.2) is 0 Å². The fraction of sp³-hybridized carbons (Fsp3) is 0.0417. The molecule has 0 bridgehead atoms. The van der Waals surface area contributed by atoms with E-state index in [1.54, 1.807) is 0 Å². The molecule has 0 aromatic heterocycles. The second-order valence-electron chi connectivity index (χ2n) is 6.23. The molecule has 0 aliphatic rings. The number of aryl methyl sites for hydroxylation is 1. The molecule has 0 saturated heterocycles. The zero-order valence-corrected chi connectivity index (χ0v) is 14.0. The third-order valence-electron chi connectivity index (χ3n) is 4.72. The highest BCUT2D eigenvalue weighted by Gasteiger charge is 2.06. The van der Waals surface area contributed by atoms with Crippen molar-refractivity contribution in [3.05, 3.63) is 96.1 Å². The van der Waals surface area contributed by atoms with Gasteiger partial charge in [0.1, 0.15) is 0 Å². The third-order valence-corrected chi connectivity index (χ3v) is 4.72. The van der Waals surface area contributed by atoms with Gasteiger partial charge in [-0.05, 0) is 57.6 Å². The monoisotopic (exact) mass is 319 g/mol. The maximum Gasteiger partial charge on any atom is 0.0991 e. The fourth-order valence-electron chi connectivity index (χ4n) is 3.35. The zero-order chi connectivity index (χ0) is 17.2. The minimum Gasteiger partial charge on any atom is -0.192 e. The summed E-state index contributed by atoms with van der Waals surface area (Å²) in [6.07, 6.45) is 0. The Labute approximate surface area is 147 Å². The Morgan fingerprint density at radius 3 is 2.24 bits per heavy atom. The van der Waals surface area contributed by atoms with Gasteiger partial charge in [-0.15, -0.1) is 0 Å². The first kappa shape index (κ1) is 15.2.